The smallest absolute Gasteiger partial charge is 0.329 e. The molecule has 0 aliphatic heterocycles. The van der Waals surface area contributed by atoms with Gasteiger partial charge < -0.3 is 4.57 Å². The highest BCUT2D eigenvalue weighted by Crippen LogP contribution is 2.35. The second kappa shape index (κ2) is 4.10. The van der Waals surface area contributed by atoms with Crippen molar-refractivity contribution in [2.24, 2.45) is 7.05 Å². The Hall–Kier alpha value is -1.02. The number of imidazole rings is 1. The number of aromatic nitrogens is 3. The summed E-state index contributed by atoms with van der Waals surface area (Å²) < 4.78 is 38.9. The third-order valence-electron chi connectivity index (χ3n) is 1.73. The molecule has 0 N–H and O–H groups in total. The Morgan fingerprint density at radius 3 is 2.69 bits per heavy atom. The summed E-state index contributed by atoms with van der Waals surface area (Å²) in [5, 5.41) is 1.62. The predicted molar refractivity (Wildman–Crippen MR) is 54.4 cm³/mol. The average molecular weight is 265 g/mol. The van der Waals surface area contributed by atoms with E-state index in [2.05, 4.69) is 9.97 Å². The van der Waals surface area contributed by atoms with E-state index >= 15 is 0 Å². The number of halogens is 3. The van der Waals surface area contributed by atoms with Crippen molar-refractivity contribution in [3.8, 4) is 0 Å². The van der Waals surface area contributed by atoms with E-state index in [1.165, 1.54) is 0 Å². The van der Waals surface area contributed by atoms with Crippen LogP contribution in [-0.4, -0.2) is 14.5 Å². The highest BCUT2D eigenvalue weighted by molar-refractivity contribution is 8.00. The fourth-order valence-electron chi connectivity index (χ4n) is 0.963. The molecule has 16 heavy (non-hydrogen) atoms. The summed E-state index contributed by atoms with van der Waals surface area (Å²) in [6.07, 6.45) is -1.07. The van der Waals surface area contributed by atoms with Crippen LogP contribution in [0.1, 0.15) is 5.69 Å². The summed E-state index contributed by atoms with van der Waals surface area (Å²) in [6.45, 7) is 0. The molecule has 0 unspecified atom stereocenters. The van der Waals surface area contributed by atoms with Gasteiger partial charge in [-0.25, -0.2) is 9.97 Å². The van der Waals surface area contributed by atoms with Gasteiger partial charge in [-0.2, -0.15) is 13.2 Å². The van der Waals surface area contributed by atoms with Crippen molar-refractivity contribution in [2.45, 2.75) is 15.7 Å². The molecule has 0 atom stereocenters. The van der Waals surface area contributed by atoms with Crippen molar-refractivity contribution in [1.82, 2.24) is 14.5 Å². The van der Waals surface area contributed by atoms with Gasteiger partial charge in [0.25, 0.3) is 0 Å². The lowest BCUT2D eigenvalue weighted by molar-refractivity contribution is -0.141. The normalized spacial score (nSPS) is 12.0. The monoisotopic (exact) mass is 265 g/mol. The molecule has 2 rings (SSSR count). The van der Waals surface area contributed by atoms with Crippen LogP contribution in [0.4, 0.5) is 13.2 Å². The van der Waals surface area contributed by atoms with Crippen molar-refractivity contribution in [3.63, 3.8) is 0 Å². The maximum absolute atomic E-state index is 12.3. The molecule has 0 spiro atoms. The van der Waals surface area contributed by atoms with Gasteiger partial charge in [0, 0.05) is 24.8 Å². The third-order valence-corrected chi connectivity index (χ3v) is 3.74. The lowest BCUT2D eigenvalue weighted by Crippen LogP contribution is -2.04. The fourth-order valence-corrected chi connectivity index (χ4v) is 2.69. The van der Waals surface area contributed by atoms with Crippen molar-refractivity contribution in [2.75, 3.05) is 0 Å². The summed E-state index contributed by atoms with van der Waals surface area (Å²) >= 11 is 2.08. The average Bonchev–Trinajstić information content (AvgIpc) is 2.76. The Labute approximate surface area is 97.3 Å². The van der Waals surface area contributed by atoms with Gasteiger partial charge in [-0.1, -0.05) is 0 Å². The summed E-state index contributed by atoms with van der Waals surface area (Å²) in [6, 6.07) is 0. The number of hydrogen-bond acceptors (Lipinski definition) is 4. The second-order valence-electron chi connectivity index (χ2n) is 2.92. The number of hydrogen-bond donors (Lipinski definition) is 0. The molecular weight excluding hydrogens is 259 g/mol. The first kappa shape index (κ1) is 11.5. The summed E-state index contributed by atoms with van der Waals surface area (Å²) in [7, 11) is 1.77. The number of rotatable bonds is 2. The minimum atomic E-state index is -4.38. The van der Waals surface area contributed by atoms with E-state index in [-0.39, 0.29) is 0 Å². The zero-order valence-electron chi connectivity index (χ0n) is 8.02. The largest absolute Gasteiger partial charge is 0.434 e. The van der Waals surface area contributed by atoms with E-state index in [9.17, 15) is 13.2 Å². The van der Waals surface area contributed by atoms with E-state index in [0.29, 0.717) is 9.50 Å². The number of alkyl halides is 3. The van der Waals surface area contributed by atoms with Gasteiger partial charge in [-0.15, -0.1) is 11.3 Å². The molecule has 0 radical (unpaired) electrons. The van der Waals surface area contributed by atoms with E-state index in [1.54, 1.807) is 24.0 Å². The van der Waals surface area contributed by atoms with Crippen LogP contribution in [0.3, 0.4) is 0 Å². The lowest BCUT2D eigenvalue weighted by Gasteiger charge is -2.00. The van der Waals surface area contributed by atoms with E-state index < -0.39 is 11.9 Å². The minimum Gasteiger partial charge on any atom is -0.329 e. The molecule has 0 aliphatic carbocycles. The molecule has 0 fully saturated rings. The fraction of sp³-hybridized carbons (Fsp3) is 0.250. The topological polar surface area (TPSA) is 30.7 Å². The number of nitrogens with zero attached hydrogens (tertiary/aromatic N) is 3. The quantitative estimate of drug-likeness (QED) is 0.836. The van der Waals surface area contributed by atoms with Crippen molar-refractivity contribution in [1.29, 1.82) is 0 Å². The molecule has 0 saturated heterocycles. The summed E-state index contributed by atoms with van der Waals surface area (Å²) in [5.41, 5.74) is -0.853. The zero-order chi connectivity index (χ0) is 11.8. The van der Waals surface area contributed by atoms with Gasteiger partial charge in [0.15, 0.2) is 15.2 Å². The Balaban J connectivity index is 2.18. The van der Waals surface area contributed by atoms with Gasteiger partial charge in [0.1, 0.15) is 0 Å². The van der Waals surface area contributed by atoms with Gasteiger partial charge in [-0.05, 0) is 11.8 Å². The van der Waals surface area contributed by atoms with Crippen LogP contribution in [0.5, 0.6) is 0 Å². The molecule has 2 heterocycles. The van der Waals surface area contributed by atoms with E-state index in [0.717, 1.165) is 28.5 Å². The molecule has 0 saturated carbocycles. The van der Waals surface area contributed by atoms with Crippen LogP contribution >= 0.6 is 23.1 Å². The first-order chi connectivity index (χ1) is 7.47. The van der Waals surface area contributed by atoms with E-state index in [1.807, 2.05) is 0 Å². The van der Waals surface area contributed by atoms with Crippen LogP contribution < -0.4 is 0 Å². The molecular formula is C8H6F3N3S2. The van der Waals surface area contributed by atoms with Crippen molar-refractivity contribution >= 4 is 23.1 Å². The van der Waals surface area contributed by atoms with Crippen molar-refractivity contribution in [3.05, 3.63) is 23.5 Å². The van der Waals surface area contributed by atoms with Crippen LogP contribution in [0.2, 0.25) is 0 Å². The first-order valence-corrected chi connectivity index (χ1v) is 5.84. The second-order valence-corrected chi connectivity index (χ2v) is 4.99. The lowest BCUT2D eigenvalue weighted by atomic mass is 10.5. The van der Waals surface area contributed by atoms with Gasteiger partial charge in [0.2, 0.25) is 0 Å². The minimum absolute atomic E-state index is 0.335. The first-order valence-electron chi connectivity index (χ1n) is 4.15. The highest BCUT2D eigenvalue weighted by atomic mass is 32.2. The summed E-state index contributed by atoms with van der Waals surface area (Å²) in [5.74, 6) is 0. The zero-order valence-corrected chi connectivity index (χ0v) is 9.66. The molecule has 86 valence electrons. The number of thiazole rings is 1. The standard InChI is InChI=1S/C8H6F3N3S2/c1-14-3-2-12-6(14)16-7-13-5(4-15-7)8(9,10)11/h2-4H,1H3. The molecule has 8 heteroatoms. The maximum atomic E-state index is 12.3. The SMILES string of the molecule is Cn1ccnc1Sc1nc(C(F)(F)F)cs1. The Morgan fingerprint density at radius 1 is 1.44 bits per heavy atom. The van der Waals surface area contributed by atoms with Crippen LogP contribution in [0.25, 0.3) is 0 Å². The Morgan fingerprint density at radius 2 is 2.19 bits per heavy atom. The van der Waals surface area contributed by atoms with Gasteiger partial charge in [-0.3, -0.25) is 0 Å². The Kier molecular flexibility index (Phi) is 2.94. The van der Waals surface area contributed by atoms with E-state index in [4.69, 9.17) is 0 Å². The van der Waals surface area contributed by atoms with Crippen LogP contribution in [0, 0.1) is 0 Å². The van der Waals surface area contributed by atoms with Crippen LogP contribution in [-0.2, 0) is 13.2 Å². The molecule has 2 aromatic rings. The molecule has 0 aromatic carbocycles. The van der Waals surface area contributed by atoms with Crippen LogP contribution in [0.15, 0.2) is 27.3 Å². The summed E-state index contributed by atoms with van der Waals surface area (Å²) in [4.78, 5) is 7.49. The van der Waals surface area contributed by atoms with Gasteiger partial charge >= 0.3 is 6.18 Å². The highest BCUT2D eigenvalue weighted by Gasteiger charge is 2.33. The third kappa shape index (κ3) is 2.38. The number of aryl methyl sites for hydroxylation is 1. The molecule has 0 aliphatic rings. The molecule has 3 nitrogen and oxygen atoms in total. The molecule has 2 aromatic heterocycles. The Bertz CT molecular complexity index is 489. The predicted octanol–water partition coefficient (Wildman–Crippen LogP) is 3.05. The van der Waals surface area contributed by atoms with Gasteiger partial charge in [0.05, 0.1) is 0 Å². The van der Waals surface area contributed by atoms with Crippen molar-refractivity contribution < 1.29 is 13.2 Å². The molecule has 0 bridgehead atoms. The molecule has 0 amide bonds. The maximum Gasteiger partial charge on any atom is 0.434 e.